The molecule has 1 unspecified atom stereocenters. The molecule has 0 aliphatic heterocycles. The van der Waals surface area contributed by atoms with E-state index in [-0.39, 0.29) is 6.54 Å². The van der Waals surface area contributed by atoms with Gasteiger partial charge in [0.1, 0.15) is 0 Å². The van der Waals surface area contributed by atoms with Crippen LogP contribution >= 0.6 is 0 Å². The minimum absolute atomic E-state index is 0.111. The molecule has 0 aromatic rings. The highest BCUT2D eigenvalue weighted by Gasteiger charge is 2.39. The summed E-state index contributed by atoms with van der Waals surface area (Å²) in [4.78, 5) is 7.26. The molecule has 0 heterocycles. The summed E-state index contributed by atoms with van der Waals surface area (Å²) in [6, 6.07) is 0. The summed E-state index contributed by atoms with van der Waals surface area (Å²) in [6.07, 6.45) is -10.2. The van der Waals surface area contributed by atoms with Gasteiger partial charge in [-0.2, -0.15) is 26.3 Å². The first kappa shape index (κ1) is 19.4. The van der Waals surface area contributed by atoms with E-state index in [0.29, 0.717) is 11.1 Å². The van der Waals surface area contributed by atoms with E-state index in [9.17, 15) is 26.3 Å². The zero-order valence-electron chi connectivity index (χ0n) is 11.5. The Kier molecular flexibility index (Phi) is 6.88. The van der Waals surface area contributed by atoms with Gasteiger partial charge in [-0.15, -0.1) is 0 Å². The van der Waals surface area contributed by atoms with Crippen LogP contribution in [0.1, 0.15) is 6.92 Å². The molecular formula is C11H16F6N4. The molecule has 10 heteroatoms. The Labute approximate surface area is 118 Å². The highest BCUT2D eigenvalue weighted by atomic mass is 19.4. The van der Waals surface area contributed by atoms with Crippen molar-refractivity contribution in [3.05, 3.63) is 12.2 Å². The Hall–Kier alpha value is -1.58. The van der Waals surface area contributed by atoms with Crippen LogP contribution in [-0.4, -0.2) is 55.6 Å². The molecule has 0 rings (SSSR count). The zero-order chi connectivity index (χ0) is 16.8. The van der Waals surface area contributed by atoms with Crippen LogP contribution in [0.25, 0.3) is 0 Å². The van der Waals surface area contributed by atoms with Crippen LogP contribution in [0.4, 0.5) is 26.3 Å². The molecular weight excluding hydrogens is 302 g/mol. The summed E-state index contributed by atoms with van der Waals surface area (Å²) in [7, 11) is 1.04. The number of allylic oxidation sites excluding steroid dienone is 1. The van der Waals surface area contributed by atoms with Gasteiger partial charge in [0.05, 0.1) is 18.3 Å². The van der Waals surface area contributed by atoms with E-state index in [1.54, 1.807) is 0 Å². The predicted molar refractivity (Wildman–Crippen MR) is 68.3 cm³/mol. The fourth-order valence-electron chi connectivity index (χ4n) is 1.17. The molecule has 0 amide bonds. The molecule has 0 aliphatic carbocycles. The summed E-state index contributed by atoms with van der Waals surface area (Å²) in [5.74, 6) is -1.21. The molecule has 122 valence electrons. The maximum Gasteiger partial charge on any atom is 0.449 e. The number of amidine groups is 1. The fraction of sp³-hybridized carbons (Fsp3) is 0.636. The quantitative estimate of drug-likeness (QED) is 0.366. The maximum atomic E-state index is 12.7. The number of alkyl halides is 6. The average Bonchev–Trinajstić information content (AvgIpc) is 2.32. The smallest absolute Gasteiger partial charge is 0.339 e. The van der Waals surface area contributed by atoms with Crippen LogP contribution < -0.4 is 5.73 Å². The minimum atomic E-state index is -4.71. The number of nitrogens with two attached hydrogens (primary N) is 1. The lowest BCUT2D eigenvalue weighted by molar-refractivity contribution is -0.0852. The molecule has 2 N–H and O–H groups in total. The molecule has 0 bridgehead atoms. The third kappa shape index (κ3) is 6.61. The van der Waals surface area contributed by atoms with E-state index in [1.165, 1.54) is 6.92 Å². The highest BCUT2D eigenvalue weighted by molar-refractivity contribution is 5.87. The van der Waals surface area contributed by atoms with Gasteiger partial charge in [0.2, 0.25) is 5.84 Å². The van der Waals surface area contributed by atoms with Crippen molar-refractivity contribution >= 4 is 12.1 Å². The van der Waals surface area contributed by atoms with Crippen LogP contribution in [0, 0.1) is 0 Å². The van der Waals surface area contributed by atoms with Gasteiger partial charge in [-0.05, 0) is 6.92 Å². The molecule has 0 spiro atoms. The molecule has 0 saturated heterocycles. The van der Waals surface area contributed by atoms with Gasteiger partial charge < -0.3 is 10.6 Å². The van der Waals surface area contributed by atoms with E-state index in [1.807, 2.05) is 0 Å². The second-order valence-electron chi connectivity index (χ2n) is 3.99. The number of nitrogens with zero attached hydrogens (tertiary/aromatic N) is 3. The average molecular weight is 318 g/mol. The fourth-order valence-corrected chi connectivity index (χ4v) is 1.17. The number of hydrogen-bond donors (Lipinski definition) is 1. The van der Waals surface area contributed by atoms with E-state index >= 15 is 0 Å². The number of rotatable bonds is 5. The standard InChI is InChI=1S/C11H16F6N4/c1-4-20-9(11(15,16)17)21(3)8(18)6-19-5-7(2)10(12,13)14/h5,8H,2,4,6,18H2,1,3H3. The maximum absolute atomic E-state index is 12.7. The Balaban J connectivity index is 4.80. The largest absolute Gasteiger partial charge is 0.449 e. The topological polar surface area (TPSA) is 54.0 Å². The predicted octanol–water partition coefficient (Wildman–Crippen LogP) is 2.37. The van der Waals surface area contributed by atoms with Crippen LogP contribution in [0.15, 0.2) is 22.1 Å². The van der Waals surface area contributed by atoms with Gasteiger partial charge in [-0.3, -0.25) is 9.98 Å². The first-order valence-electron chi connectivity index (χ1n) is 5.77. The van der Waals surface area contributed by atoms with Crippen LogP contribution in [0.2, 0.25) is 0 Å². The SMILES string of the molecule is C=C(C=NCC(N)N(C)C(=NCC)C(F)(F)F)C(F)(F)F. The lowest BCUT2D eigenvalue weighted by Crippen LogP contribution is -2.50. The number of aliphatic imine (C=N–C) groups is 2. The first-order valence-corrected chi connectivity index (χ1v) is 5.77. The van der Waals surface area contributed by atoms with Crippen molar-refractivity contribution in [1.29, 1.82) is 0 Å². The monoisotopic (exact) mass is 318 g/mol. The van der Waals surface area contributed by atoms with Gasteiger partial charge in [-0.1, -0.05) is 6.58 Å². The lowest BCUT2D eigenvalue weighted by atomic mass is 10.3. The number of halogens is 6. The van der Waals surface area contributed by atoms with Gasteiger partial charge in [0.15, 0.2) is 0 Å². The highest BCUT2D eigenvalue weighted by Crippen LogP contribution is 2.22. The van der Waals surface area contributed by atoms with Crippen LogP contribution in [0.5, 0.6) is 0 Å². The third-order valence-electron chi connectivity index (χ3n) is 2.30. The Morgan fingerprint density at radius 1 is 1.24 bits per heavy atom. The molecule has 0 saturated carbocycles. The van der Waals surface area contributed by atoms with Crippen molar-refractivity contribution in [3.63, 3.8) is 0 Å². The molecule has 4 nitrogen and oxygen atoms in total. The van der Waals surface area contributed by atoms with Crippen molar-refractivity contribution < 1.29 is 26.3 Å². The summed E-state index contributed by atoms with van der Waals surface area (Å²) in [5.41, 5.74) is 4.25. The molecule has 0 aromatic heterocycles. The Morgan fingerprint density at radius 3 is 2.14 bits per heavy atom. The van der Waals surface area contributed by atoms with Crippen molar-refractivity contribution in [2.75, 3.05) is 20.1 Å². The van der Waals surface area contributed by atoms with Crippen molar-refractivity contribution in [3.8, 4) is 0 Å². The molecule has 0 fully saturated rings. The number of likely N-dealkylation sites (N-methyl/N-ethyl adjacent to an activating group) is 1. The minimum Gasteiger partial charge on any atom is -0.339 e. The molecule has 1 atom stereocenters. The lowest BCUT2D eigenvalue weighted by Gasteiger charge is -2.27. The normalized spacial score (nSPS) is 15.4. The summed E-state index contributed by atoms with van der Waals surface area (Å²) in [6.45, 7) is 3.57. The van der Waals surface area contributed by atoms with E-state index in [0.717, 1.165) is 7.05 Å². The van der Waals surface area contributed by atoms with E-state index < -0.39 is 36.5 Å². The molecule has 0 aliphatic rings. The van der Waals surface area contributed by atoms with Gasteiger partial charge in [-0.25, -0.2) is 0 Å². The van der Waals surface area contributed by atoms with Crippen LogP contribution in [-0.2, 0) is 0 Å². The zero-order valence-corrected chi connectivity index (χ0v) is 11.5. The molecule has 0 radical (unpaired) electrons. The first-order chi connectivity index (χ1) is 9.41. The van der Waals surface area contributed by atoms with Gasteiger partial charge in [0.25, 0.3) is 0 Å². The van der Waals surface area contributed by atoms with Crippen LogP contribution in [0.3, 0.4) is 0 Å². The van der Waals surface area contributed by atoms with E-state index in [4.69, 9.17) is 5.73 Å². The second kappa shape index (κ2) is 7.43. The van der Waals surface area contributed by atoms with E-state index in [2.05, 4.69) is 16.6 Å². The summed E-state index contributed by atoms with van der Waals surface area (Å²) in [5, 5.41) is 0. The van der Waals surface area contributed by atoms with Crippen molar-refractivity contribution in [2.45, 2.75) is 25.4 Å². The summed E-state index contributed by atoms with van der Waals surface area (Å²) < 4.78 is 74.4. The molecule has 0 aromatic carbocycles. The van der Waals surface area contributed by atoms with Crippen molar-refractivity contribution in [2.24, 2.45) is 15.7 Å². The van der Waals surface area contributed by atoms with Gasteiger partial charge >= 0.3 is 12.4 Å². The molecule has 21 heavy (non-hydrogen) atoms. The Bertz CT molecular complexity index is 410. The third-order valence-corrected chi connectivity index (χ3v) is 2.30. The van der Waals surface area contributed by atoms with Crippen molar-refractivity contribution in [1.82, 2.24) is 4.90 Å². The van der Waals surface area contributed by atoms with Gasteiger partial charge in [0, 0.05) is 19.8 Å². The number of hydrogen-bond acceptors (Lipinski definition) is 3. The second-order valence-corrected chi connectivity index (χ2v) is 3.99. The summed E-state index contributed by atoms with van der Waals surface area (Å²) >= 11 is 0. The Morgan fingerprint density at radius 2 is 1.76 bits per heavy atom.